The second-order valence-electron chi connectivity index (χ2n) is 8.35. The van der Waals surface area contributed by atoms with Crippen molar-refractivity contribution in [2.45, 2.75) is 31.7 Å². The molecule has 178 valence electrons. The minimum absolute atomic E-state index is 0.0491. The number of aryl methyl sites for hydroxylation is 1. The third-order valence-electron chi connectivity index (χ3n) is 6.07. The number of hydrogen-bond acceptors (Lipinski definition) is 6. The molecule has 3 aromatic rings. The van der Waals surface area contributed by atoms with Crippen LogP contribution in [0.15, 0.2) is 36.4 Å². The first-order valence-electron chi connectivity index (χ1n) is 11.0. The number of rotatable bonds is 6. The molecule has 1 saturated heterocycles. The van der Waals surface area contributed by atoms with E-state index in [0.29, 0.717) is 53.6 Å². The Hall–Kier alpha value is -3.56. The molecule has 0 saturated carbocycles. The summed E-state index contributed by atoms with van der Waals surface area (Å²) in [5.41, 5.74) is 2.45. The van der Waals surface area contributed by atoms with Crippen LogP contribution >= 0.6 is 0 Å². The number of carboxylic acids is 1. The number of phenolic OH excluding ortho intramolecular Hbond substituents is 1. The van der Waals surface area contributed by atoms with Crippen LogP contribution in [-0.2, 0) is 9.53 Å². The van der Waals surface area contributed by atoms with Gasteiger partial charge in [0.2, 0.25) is 0 Å². The number of aliphatic carboxylic acids is 1. The predicted molar refractivity (Wildman–Crippen MR) is 122 cm³/mol. The number of amides is 1. The predicted octanol–water partition coefficient (Wildman–Crippen LogP) is 3.12. The summed E-state index contributed by atoms with van der Waals surface area (Å²) in [6.07, 6.45) is 1.33. The fraction of sp³-hybridized carbons (Fsp3) is 0.320. The number of fused-ring (bicyclic) bond motifs is 1. The zero-order chi connectivity index (χ0) is 24.4. The van der Waals surface area contributed by atoms with Gasteiger partial charge in [0, 0.05) is 30.1 Å². The van der Waals surface area contributed by atoms with Crippen molar-refractivity contribution in [3.05, 3.63) is 59.2 Å². The van der Waals surface area contributed by atoms with E-state index >= 15 is 0 Å². The Morgan fingerprint density at radius 1 is 1.18 bits per heavy atom. The molecular weight excluding hydrogens is 443 g/mol. The number of nitrogens with zero attached hydrogens (tertiary/aromatic N) is 1. The number of ether oxygens (including phenoxy) is 1. The van der Waals surface area contributed by atoms with Crippen molar-refractivity contribution in [2.75, 3.05) is 19.8 Å². The monoisotopic (exact) mass is 468 g/mol. The summed E-state index contributed by atoms with van der Waals surface area (Å²) in [7, 11) is 0. The van der Waals surface area contributed by atoms with Gasteiger partial charge >= 0.3 is 5.97 Å². The van der Waals surface area contributed by atoms with Crippen molar-refractivity contribution in [2.24, 2.45) is 0 Å². The molecule has 2 heterocycles. The molecule has 1 atom stereocenters. The maximum Gasteiger partial charge on any atom is 0.328 e. The van der Waals surface area contributed by atoms with Crippen LogP contribution in [-0.4, -0.2) is 58.0 Å². The van der Waals surface area contributed by atoms with Crippen molar-refractivity contribution in [1.29, 1.82) is 0 Å². The highest BCUT2D eigenvalue weighted by Gasteiger charge is 2.28. The second kappa shape index (κ2) is 9.74. The lowest BCUT2D eigenvalue weighted by Gasteiger charge is -2.26. The van der Waals surface area contributed by atoms with Crippen LogP contribution < -0.4 is 5.32 Å². The van der Waals surface area contributed by atoms with E-state index in [-0.39, 0.29) is 23.2 Å². The number of carbonyl (C=O) groups is 2. The van der Waals surface area contributed by atoms with E-state index in [9.17, 15) is 29.3 Å². The van der Waals surface area contributed by atoms with Gasteiger partial charge in [0.05, 0.1) is 12.3 Å². The first-order valence-corrected chi connectivity index (χ1v) is 11.0. The number of carboxylic acid groups (broad SMARTS) is 1. The van der Waals surface area contributed by atoms with E-state index in [0.717, 1.165) is 5.56 Å². The van der Waals surface area contributed by atoms with E-state index < -0.39 is 24.5 Å². The number of aliphatic hydroxyl groups is 1. The molecule has 0 bridgehead atoms. The summed E-state index contributed by atoms with van der Waals surface area (Å²) in [6, 6.07) is 7.79. The molecule has 9 heteroatoms. The van der Waals surface area contributed by atoms with Crippen LogP contribution in [0.5, 0.6) is 5.75 Å². The third kappa shape index (κ3) is 4.57. The summed E-state index contributed by atoms with van der Waals surface area (Å²) >= 11 is 0. The van der Waals surface area contributed by atoms with Gasteiger partial charge in [0.15, 0.2) is 6.04 Å². The Morgan fingerprint density at radius 2 is 1.91 bits per heavy atom. The normalized spacial score (nSPS) is 15.3. The van der Waals surface area contributed by atoms with Crippen molar-refractivity contribution in [3.8, 4) is 16.9 Å². The van der Waals surface area contributed by atoms with Gasteiger partial charge in [-0.05, 0) is 66.6 Å². The molecule has 0 radical (unpaired) electrons. The van der Waals surface area contributed by atoms with Crippen molar-refractivity contribution < 1.29 is 34.0 Å². The minimum atomic E-state index is -1.51. The molecule has 8 nitrogen and oxygen atoms in total. The Kier molecular flexibility index (Phi) is 6.76. The Bertz CT molecular complexity index is 1260. The molecule has 0 spiro atoms. The summed E-state index contributed by atoms with van der Waals surface area (Å²) in [6.45, 7) is 1.92. The fourth-order valence-electron chi connectivity index (χ4n) is 4.28. The SMILES string of the molecule is Cc1cc(-c2c(C3CCOCC3)nc(C(=O)N[C@@H](CO)C(=O)O)c3cc(O)ccc23)ccc1F. The maximum absolute atomic E-state index is 14.0. The Balaban J connectivity index is 1.98. The number of hydrogen-bond donors (Lipinski definition) is 4. The highest BCUT2D eigenvalue weighted by atomic mass is 19.1. The smallest absolute Gasteiger partial charge is 0.328 e. The summed E-state index contributed by atoms with van der Waals surface area (Å²) in [5.74, 6) is -2.66. The van der Waals surface area contributed by atoms with Gasteiger partial charge in [-0.25, -0.2) is 14.2 Å². The maximum atomic E-state index is 14.0. The van der Waals surface area contributed by atoms with Crippen LogP contribution in [0.3, 0.4) is 0 Å². The average Bonchev–Trinajstić information content (AvgIpc) is 2.83. The number of phenols is 1. The lowest BCUT2D eigenvalue weighted by Crippen LogP contribution is -2.43. The lowest BCUT2D eigenvalue weighted by atomic mass is 9.86. The number of halogens is 1. The summed E-state index contributed by atoms with van der Waals surface area (Å²) in [5, 5.41) is 32.0. The van der Waals surface area contributed by atoms with Crippen LogP contribution in [0.2, 0.25) is 0 Å². The van der Waals surface area contributed by atoms with Gasteiger partial charge in [-0.15, -0.1) is 0 Å². The molecule has 1 aliphatic rings. The molecule has 1 aliphatic heterocycles. The zero-order valence-electron chi connectivity index (χ0n) is 18.5. The lowest BCUT2D eigenvalue weighted by molar-refractivity contribution is -0.140. The fourth-order valence-corrected chi connectivity index (χ4v) is 4.28. The number of aromatic hydroxyl groups is 1. The van der Waals surface area contributed by atoms with Crippen LogP contribution in [0.25, 0.3) is 21.9 Å². The topological polar surface area (TPSA) is 129 Å². The van der Waals surface area contributed by atoms with Crippen molar-refractivity contribution in [3.63, 3.8) is 0 Å². The van der Waals surface area contributed by atoms with Crippen LogP contribution in [0.1, 0.15) is 40.5 Å². The molecule has 4 rings (SSSR count). The van der Waals surface area contributed by atoms with Crippen molar-refractivity contribution >= 4 is 22.6 Å². The van der Waals surface area contributed by atoms with E-state index in [2.05, 4.69) is 5.32 Å². The van der Waals surface area contributed by atoms with Gasteiger partial charge in [-0.1, -0.05) is 6.07 Å². The second-order valence-corrected chi connectivity index (χ2v) is 8.35. The highest BCUT2D eigenvalue weighted by molar-refractivity contribution is 6.11. The molecule has 0 unspecified atom stereocenters. The summed E-state index contributed by atoms with van der Waals surface area (Å²) in [4.78, 5) is 29.2. The van der Waals surface area contributed by atoms with Gasteiger partial charge in [-0.3, -0.25) is 4.79 Å². The van der Waals surface area contributed by atoms with Gasteiger partial charge in [-0.2, -0.15) is 0 Å². The molecule has 1 amide bonds. The first kappa shape index (κ1) is 23.6. The molecule has 4 N–H and O–H groups in total. The molecule has 1 aromatic heterocycles. The molecule has 0 aliphatic carbocycles. The average molecular weight is 468 g/mol. The largest absolute Gasteiger partial charge is 0.508 e. The number of benzene rings is 2. The number of aromatic nitrogens is 1. The van der Waals surface area contributed by atoms with E-state index in [1.54, 1.807) is 25.1 Å². The van der Waals surface area contributed by atoms with Crippen LogP contribution in [0, 0.1) is 12.7 Å². The van der Waals surface area contributed by atoms with Gasteiger partial charge < -0.3 is 25.4 Å². The minimum Gasteiger partial charge on any atom is -0.508 e. The van der Waals surface area contributed by atoms with E-state index in [4.69, 9.17) is 9.72 Å². The van der Waals surface area contributed by atoms with E-state index in [1.165, 1.54) is 18.2 Å². The van der Waals surface area contributed by atoms with Gasteiger partial charge in [0.25, 0.3) is 5.91 Å². The van der Waals surface area contributed by atoms with Crippen LogP contribution in [0.4, 0.5) is 4.39 Å². The first-order chi connectivity index (χ1) is 16.3. The van der Waals surface area contributed by atoms with Gasteiger partial charge in [0.1, 0.15) is 17.3 Å². The number of pyridine rings is 1. The zero-order valence-corrected chi connectivity index (χ0v) is 18.5. The quantitative estimate of drug-likeness (QED) is 0.437. The number of carbonyl (C=O) groups excluding carboxylic acids is 1. The van der Waals surface area contributed by atoms with Crippen molar-refractivity contribution in [1.82, 2.24) is 10.3 Å². The standard InChI is InChI=1S/C25H25FN2O6/c1-13-10-15(2-5-19(13)26)21-17-4-3-16(30)11-18(17)23(24(31)27-20(12-29)25(32)33)28-22(21)14-6-8-34-9-7-14/h2-5,10-11,14,20,29-30H,6-9,12H2,1H3,(H,27,31)(H,32,33)/t20-/m0/s1. The molecule has 1 fully saturated rings. The number of nitrogens with one attached hydrogen (secondary N) is 1. The molecule has 34 heavy (non-hydrogen) atoms. The Morgan fingerprint density at radius 3 is 2.56 bits per heavy atom. The van der Waals surface area contributed by atoms with E-state index in [1.807, 2.05) is 0 Å². The highest BCUT2D eigenvalue weighted by Crippen LogP contribution is 2.40. The summed E-state index contributed by atoms with van der Waals surface area (Å²) < 4.78 is 19.5. The Labute approximate surface area is 195 Å². The third-order valence-corrected chi connectivity index (χ3v) is 6.07. The molecule has 2 aromatic carbocycles. The number of aliphatic hydroxyl groups excluding tert-OH is 1. The molecular formula is C25H25FN2O6.